The Bertz CT molecular complexity index is 34.5. The lowest BCUT2D eigenvalue weighted by atomic mass is 11.3. The molecule has 0 rings (SSSR count). The van der Waals surface area contributed by atoms with Crippen LogP contribution in [-0.2, 0) is 0 Å². The quantitative estimate of drug-likeness (QED) is 0.392. The third-order valence-electron chi connectivity index (χ3n) is 0. The van der Waals surface area contributed by atoms with Crippen molar-refractivity contribution in [2.24, 2.45) is 11.5 Å². The molecule has 4 heavy (non-hydrogen) atoms. The summed E-state index contributed by atoms with van der Waals surface area (Å²) in [4.78, 5) is 0. The molecule has 0 amide bonds. The molecule has 0 spiro atoms. The maximum absolute atomic E-state index is 4.62. The van der Waals surface area contributed by atoms with Gasteiger partial charge in [-0.05, 0) is 12.2 Å². The van der Waals surface area contributed by atoms with Gasteiger partial charge in [0.15, 0.2) is 5.11 Å². The van der Waals surface area contributed by atoms with Crippen LogP contribution in [0.15, 0.2) is 0 Å². The van der Waals surface area contributed by atoms with Crippen LogP contribution in [-0.4, -0.2) is 5.11 Å². The second-order valence-corrected chi connectivity index (χ2v) is 0.874. The highest BCUT2D eigenvalue weighted by molar-refractivity contribution is 7.80. The fourth-order valence-corrected chi connectivity index (χ4v) is 0. The molecule has 0 radical (unpaired) electrons. The summed E-state index contributed by atoms with van der Waals surface area (Å²) in [5.74, 6) is 0. The Labute approximate surface area is 32.7 Å². The largest absolute Gasteiger partial charge is 0.377 e. The maximum Gasteiger partial charge on any atom is 0.160 e. The fourth-order valence-electron chi connectivity index (χ4n) is 0. The first-order valence-corrected chi connectivity index (χ1v) is 1.19. The highest BCUT2D eigenvalue weighted by Crippen LogP contribution is 1.32. The monoisotopic (exact) mass is 80.0 g/mol. The molecule has 0 aromatic heterocycles. The van der Waals surface area contributed by atoms with E-state index in [1.807, 2.05) is 0 Å². The minimum atomic E-state index is 0. The van der Waals surface area contributed by atoms with Gasteiger partial charge < -0.3 is 11.5 Å². The van der Waals surface area contributed by atoms with Crippen LogP contribution in [0, 0.1) is 0 Å². The lowest BCUT2D eigenvalue weighted by Crippen LogP contribution is -2.18. The molecule has 0 fully saturated rings. The second kappa shape index (κ2) is 1.06. The van der Waals surface area contributed by atoms with Crippen LogP contribution >= 0.6 is 12.2 Å². The summed E-state index contributed by atoms with van der Waals surface area (Å²) in [7, 11) is 0. The zero-order valence-electron chi connectivity index (χ0n) is 2.06. The standard InChI is InChI=1S/CH4N2S.2H2/c2-1(3)4;;/h(H4,2,3,4);2*1H. The molecule has 0 bridgehead atoms. The molecular weight excluding hydrogens is 72.1 g/mol. The minimum absolute atomic E-state index is 0. The smallest absolute Gasteiger partial charge is 0.160 e. The molecular formula is CH8N2S. The van der Waals surface area contributed by atoms with Crippen LogP contribution in [0.3, 0.4) is 0 Å². The van der Waals surface area contributed by atoms with E-state index in [1.54, 1.807) is 0 Å². The highest BCUT2D eigenvalue weighted by Gasteiger charge is 1.53. The van der Waals surface area contributed by atoms with Crippen molar-refractivity contribution in [2.45, 2.75) is 0 Å². The van der Waals surface area contributed by atoms with Crippen molar-refractivity contribution in [1.82, 2.24) is 0 Å². The Morgan fingerprint density at radius 2 is 1.75 bits per heavy atom. The molecule has 28 valence electrons. The summed E-state index contributed by atoms with van der Waals surface area (Å²) in [5, 5.41) is 0.000000000000000222. The number of rotatable bonds is 0. The lowest BCUT2D eigenvalue weighted by molar-refractivity contribution is 1.65. The van der Waals surface area contributed by atoms with Gasteiger partial charge in [0, 0.05) is 2.85 Å². The molecule has 0 unspecified atom stereocenters. The van der Waals surface area contributed by atoms with Crippen molar-refractivity contribution in [3.8, 4) is 0 Å². The van der Waals surface area contributed by atoms with Crippen LogP contribution in [0.25, 0.3) is 0 Å². The van der Waals surface area contributed by atoms with E-state index in [-0.39, 0.29) is 7.97 Å². The van der Waals surface area contributed by atoms with E-state index in [1.165, 1.54) is 0 Å². The maximum atomic E-state index is 4.62. The number of nitrogens with two attached hydrogens (primary N) is 2. The SMILES string of the molecule is NC(N)=S.[HH].[HH]. The summed E-state index contributed by atoms with van der Waals surface area (Å²) in [6.45, 7) is 0. The summed E-state index contributed by atoms with van der Waals surface area (Å²) in [6, 6.07) is 0. The Morgan fingerprint density at radius 3 is 1.75 bits per heavy atom. The van der Waals surface area contributed by atoms with Crippen molar-refractivity contribution in [2.75, 3.05) is 0 Å². The van der Waals surface area contributed by atoms with E-state index < -0.39 is 0 Å². The van der Waals surface area contributed by atoms with Crippen LogP contribution in [0.5, 0.6) is 0 Å². The van der Waals surface area contributed by atoms with E-state index in [0.29, 0.717) is 0 Å². The average Bonchev–Trinajstić information content (AvgIpc) is 0.811. The molecule has 0 atom stereocenters. The van der Waals surface area contributed by atoms with E-state index >= 15 is 0 Å². The number of hydrogen-bond acceptors (Lipinski definition) is 1. The third kappa shape index (κ3) is 8.37. The Morgan fingerprint density at radius 1 is 1.75 bits per heavy atom. The van der Waals surface area contributed by atoms with Gasteiger partial charge in [-0.2, -0.15) is 0 Å². The Hall–Kier alpha value is -0.310. The molecule has 3 heteroatoms. The van der Waals surface area contributed by atoms with Crippen molar-refractivity contribution in [3.05, 3.63) is 0 Å². The van der Waals surface area contributed by atoms with Gasteiger partial charge in [0.1, 0.15) is 0 Å². The third-order valence-corrected chi connectivity index (χ3v) is 0. The molecule has 0 aromatic rings. The normalized spacial score (nSPS) is 6.00. The average molecular weight is 80.2 g/mol. The molecule has 2 nitrogen and oxygen atoms in total. The molecule has 0 aliphatic carbocycles. The van der Waals surface area contributed by atoms with Gasteiger partial charge in [0.05, 0.1) is 0 Å². The molecule has 0 aromatic carbocycles. The van der Waals surface area contributed by atoms with Gasteiger partial charge in [0.25, 0.3) is 0 Å². The lowest BCUT2D eigenvalue weighted by Gasteiger charge is -1.68. The van der Waals surface area contributed by atoms with Crippen LogP contribution < -0.4 is 11.5 Å². The Kier molecular flexibility index (Phi) is 0.979. The van der Waals surface area contributed by atoms with Gasteiger partial charge in [-0.15, -0.1) is 0 Å². The number of hydrogen-bond donors (Lipinski definition) is 2. The summed E-state index contributed by atoms with van der Waals surface area (Å²) >= 11 is 4.09. The summed E-state index contributed by atoms with van der Waals surface area (Å²) in [5.41, 5.74) is 9.24. The van der Waals surface area contributed by atoms with E-state index in [2.05, 4.69) is 23.7 Å². The van der Waals surface area contributed by atoms with Crippen LogP contribution in [0.4, 0.5) is 0 Å². The minimum Gasteiger partial charge on any atom is -0.377 e. The second-order valence-electron chi connectivity index (χ2n) is 0.402. The highest BCUT2D eigenvalue weighted by atomic mass is 32.1. The van der Waals surface area contributed by atoms with E-state index in [0.717, 1.165) is 0 Å². The summed E-state index contributed by atoms with van der Waals surface area (Å²) < 4.78 is 0. The predicted octanol–water partition coefficient (Wildman–Crippen LogP) is -0.319. The number of thiocarbonyl (C=S) groups is 1. The van der Waals surface area contributed by atoms with Gasteiger partial charge >= 0.3 is 0 Å². The molecule has 0 aliphatic rings. The molecule has 0 heterocycles. The first-order valence-electron chi connectivity index (χ1n) is 0.781. The molecule has 0 aliphatic heterocycles. The van der Waals surface area contributed by atoms with Crippen LogP contribution in [0.2, 0.25) is 0 Å². The zero-order chi connectivity index (χ0) is 3.58. The molecule has 4 N–H and O–H groups in total. The topological polar surface area (TPSA) is 52.0 Å². The fraction of sp³-hybridized carbons (Fsp3) is 0. The van der Waals surface area contributed by atoms with E-state index in [9.17, 15) is 0 Å². The van der Waals surface area contributed by atoms with Crippen molar-refractivity contribution in [3.63, 3.8) is 0 Å². The first-order chi connectivity index (χ1) is 1.73. The van der Waals surface area contributed by atoms with Crippen molar-refractivity contribution >= 4 is 17.3 Å². The van der Waals surface area contributed by atoms with Crippen molar-refractivity contribution < 1.29 is 2.85 Å². The molecule has 0 saturated heterocycles. The van der Waals surface area contributed by atoms with Crippen molar-refractivity contribution in [1.29, 1.82) is 0 Å². The Balaban J connectivity index is -0.0000000450. The van der Waals surface area contributed by atoms with Crippen LogP contribution in [0.1, 0.15) is 2.85 Å². The first kappa shape index (κ1) is 3.69. The predicted molar refractivity (Wildman–Crippen MR) is 25.2 cm³/mol. The van der Waals surface area contributed by atoms with Gasteiger partial charge in [-0.25, -0.2) is 0 Å². The van der Waals surface area contributed by atoms with Gasteiger partial charge in [-0.3, -0.25) is 0 Å². The van der Waals surface area contributed by atoms with E-state index in [4.69, 9.17) is 0 Å². The zero-order valence-corrected chi connectivity index (χ0v) is 2.88. The van der Waals surface area contributed by atoms with Gasteiger partial charge in [-0.1, -0.05) is 0 Å². The summed E-state index contributed by atoms with van der Waals surface area (Å²) in [6.07, 6.45) is 0. The van der Waals surface area contributed by atoms with Gasteiger partial charge in [0.2, 0.25) is 0 Å². The molecule has 0 saturated carbocycles.